The maximum Gasteiger partial charge on any atom is 0.327 e. The maximum absolute atomic E-state index is 13.8. The highest BCUT2D eigenvalue weighted by atomic mass is 32.2. The van der Waals surface area contributed by atoms with Crippen LogP contribution in [-0.4, -0.2) is 115 Å². The fourth-order valence-electron chi connectivity index (χ4n) is 6.97. The normalized spacial score (nSPS) is 28.4. The van der Waals surface area contributed by atoms with Gasteiger partial charge < -0.3 is 19.9 Å². The molecule has 4 aliphatic rings. The molecule has 0 aromatic rings. The number of thioether (sulfide) groups is 1. The van der Waals surface area contributed by atoms with E-state index in [1.807, 2.05) is 13.8 Å². The van der Waals surface area contributed by atoms with E-state index in [1.165, 1.54) is 21.6 Å². The van der Waals surface area contributed by atoms with Crippen LogP contribution in [0.4, 0.5) is 4.79 Å². The Morgan fingerprint density at radius 2 is 1.80 bits per heavy atom. The van der Waals surface area contributed by atoms with Crippen LogP contribution in [0.1, 0.15) is 65.2 Å². The highest BCUT2D eigenvalue weighted by Crippen LogP contribution is 2.61. The Morgan fingerprint density at radius 3 is 2.32 bits per heavy atom. The Bertz CT molecular complexity index is 1080. The standard InChI is InChI=1S/C29H45N5O6S/c1-6-8-13-31(4)24(36)22(23(30-3)41-7-2)25(37)33(19-35)21-9-11-28(12-10-21)17-29(18-28)26(38)32(5)27(39)34(29)14-20-15-40-16-20/h19-21,30H,6-18H2,1-5H3/b23-22-. The molecule has 2 aliphatic heterocycles. The molecule has 0 aromatic carbocycles. The van der Waals surface area contributed by atoms with Crippen molar-refractivity contribution in [1.82, 2.24) is 24.9 Å². The molecule has 2 aliphatic carbocycles. The first-order valence-electron chi connectivity index (χ1n) is 14.8. The summed E-state index contributed by atoms with van der Waals surface area (Å²) in [6, 6.07) is -0.566. The predicted octanol–water partition coefficient (Wildman–Crippen LogP) is 2.42. The summed E-state index contributed by atoms with van der Waals surface area (Å²) in [4.78, 5) is 71.6. The second-order valence-electron chi connectivity index (χ2n) is 12.1. The molecule has 2 saturated carbocycles. The number of amides is 6. The highest BCUT2D eigenvalue weighted by molar-refractivity contribution is 8.03. The van der Waals surface area contributed by atoms with Gasteiger partial charge in [0.05, 0.1) is 18.2 Å². The van der Waals surface area contributed by atoms with Gasteiger partial charge in [-0.15, -0.1) is 11.8 Å². The summed E-state index contributed by atoms with van der Waals surface area (Å²) >= 11 is 1.37. The van der Waals surface area contributed by atoms with E-state index < -0.39 is 11.4 Å². The summed E-state index contributed by atoms with van der Waals surface area (Å²) in [6.07, 6.45) is 6.19. The molecule has 0 atom stereocenters. The lowest BCUT2D eigenvalue weighted by Crippen LogP contribution is -2.65. The summed E-state index contributed by atoms with van der Waals surface area (Å²) in [6.45, 7) is 6.26. The average molecular weight is 592 g/mol. The van der Waals surface area contributed by atoms with Crippen LogP contribution in [0.2, 0.25) is 0 Å². The van der Waals surface area contributed by atoms with Crippen LogP contribution in [0.3, 0.4) is 0 Å². The van der Waals surface area contributed by atoms with Crippen LogP contribution >= 0.6 is 11.8 Å². The van der Waals surface area contributed by atoms with Gasteiger partial charge in [-0.3, -0.25) is 29.0 Å². The number of hydrogen-bond acceptors (Lipinski definition) is 8. The zero-order valence-corrected chi connectivity index (χ0v) is 25.9. The SMILES string of the molecule is CCCCN(C)C(=O)/C(C(=O)N(C=O)C1CCC2(CC1)CC1(C2)C(=O)N(C)C(=O)N1CC1COC1)=C(\NC)SCC. The van der Waals surface area contributed by atoms with Crippen LogP contribution < -0.4 is 5.32 Å². The zero-order chi connectivity index (χ0) is 29.9. The number of imide groups is 2. The summed E-state index contributed by atoms with van der Waals surface area (Å²) in [5.41, 5.74) is -0.896. The molecular weight excluding hydrogens is 546 g/mol. The molecule has 0 aromatic heterocycles. The van der Waals surface area contributed by atoms with Gasteiger partial charge >= 0.3 is 6.03 Å². The lowest BCUT2D eigenvalue weighted by Gasteiger charge is -2.59. The smallest absolute Gasteiger partial charge is 0.327 e. The van der Waals surface area contributed by atoms with E-state index in [9.17, 15) is 24.0 Å². The molecule has 6 amide bonds. The van der Waals surface area contributed by atoms with Crippen molar-refractivity contribution in [2.24, 2.45) is 11.3 Å². The molecule has 228 valence electrons. The van der Waals surface area contributed by atoms with Crippen molar-refractivity contribution in [3.05, 3.63) is 10.6 Å². The molecule has 12 heteroatoms. The van der Waals surface area contributed by atoms with Crippen molar-refractivity contribution in [3.63, 3.8) is 0 Å². The van der Waals surface area contributed by atoms with Crippen molar-refractivity contribution in [2.75, 3.05) is 53.2 Å². The van der Waals surface area contributed by atoms with Gasteiger partial charge in [-0.25, -0.2) is 4.79 Å². The Kier molecular flexibility index (Phi) is 9.73. The van der Waals surface area contributed by atoms with E-state index in [0.717, 1.165) is 25.7 Å². The Hall–Kier alpha value is -2.60. The number of nitrogens with one attached hydrogen (secondary N) is 1. The van der Waals surface area contributed by atoms with Gasteiger partial charge in [-0.2, -0.15) is 0 Å². The zero-order valence-electron chi connectivity index (χ0n) is 25.1. The van der Waals surface area contributed by atoms with E-state index in [4.69, 9.17) is 4.74 Å². The van der Waals surface area contributed by atoms with Gasteiger partial charge in [0.15, 0.2) is 0 Å². The minimum atomic E-state index is -0.793. The van der Waals surface area contributed by atoms with Gasteiger partial charge in [-0.1, -0.05) is 20.3 Å². The molecule has 0 unspecified atom stereocenters. The first kappa shape index (κ1) is 31.3. The molecule has 2 heterocycles. The third-order valence-electron chi connectivity index (χ3n) is 9.34. The van der Waals surface area contributed by atoms with Gasteiger partial charge in [0.25, 0.3) is 17.7 Å². The van der Waals surface area contributed by atoms with Gasteiger partial charge in [0.2, 0.25) is 6.41 Å². The molecule has 41 heavy (non-hydrogen) atoms. The molecule has 1 N–H and O–H groups in total. The molecule has 0 bridgehead atoms. The van der Waals surface area contributed by atoms with Gasteiger partial charge in [0, 0.05) is 46.2 Å². The highest BCUT2D eigenvalue weighted by Gasteiger charge is 2.68. The first-order valence-corrected chi connectivity index (χ1v) is 15.8. The first-order chi connectivity index (χ1) is 19.6. The Balaban J connectivity index is 1.47. The van der Waals surface area contributed by atoms with Crippen LogP contribution in [0, 0.1) is 11.3 Å². The molecule has 4 rings (SSSR count). The minimum Gasteiger partial charge on any atom is -0.382 e. The summed E-state index contributed by atoms with van der Waals surface area (Å²) in [5.74, 6) is -0.173. The fourth-order valence-corrected chi connectivity index (χ4v) is 7.73. The van der Waals surface area contributed by atoms with Crippen molar-refractivity contribution in [3.8, 4) is 0 Å². The van der Waals surface area contributed by atoms with Crippen LogP contribution in [0.5, 0.6) is 0 Å². The molecule has 11 nitrogen and oxygen atoms in total. The number of unbranched alkanes of at least 4 members (excludes halogenated alkanes) is 1. The summed E-state index contributed by atoms with van der Waals surface area (Å²) in [7, 11) is 4.92. The minimum absolute atomic E-state index is 0.00153. The van der Waals surface area contributed by atoms with Crippen molar-refractivity contribution >= 4 is 41.9 Å². The third-order valence-corrected chi connectivity index (χ3v) is 10.3. The number of ether oxygens (including phenoxy) is 1. The third kappa shape index (κ3) is 5.74. The number of likely N-dealkylation sites (N-methyl/N-ethyl adjacent to an activating group) is 2. The maximum atomic E-state index is 13.8. The monoisotopic (exact) mass is 591 g/mol. The largest absolute Gasteiger partial charge is 0.382 e. The van der Waals surface area contributed by atoms with Crippen molar-refractivity contribution < 1.29 is 28.7 Å². The van der Waals surface area contributed by atoms with Gasteiger partial charge in [-0.05, 0) is 56.1 Å². The van der Waals surface area contributed by atoms with E-state index in [1.54, 1.807) is 30.9 Å². The fraction of sp³-hybridized carbons (Fsp3) is 0.759. The van der Waals surface area contributed by atoms with Crippen LogP contribution in [0.15, 0.2) is 10.6 Å². The van der Waals surface area contributed by atoms with Crippen LogP contribution in [-0.2, 0) is 23.9 Å². The number of carbonyl (C=O) groups is 5. The number of rotatable bonds is 12. The second-order valence-corrected chi connectivity index (χ2v) is 13.3. The predicted molar refractivity (Wildman–Crippen MR) is 156 cm³/mol. The van der Waals surface area contributed by atoms with E-state index in [-0.39, 0.29) is 40.8 Å². The van der Waals surface area contributed by atoms with Crippen LogP contribution in [0.25, 0.3) is 0 Å². The number of urea groups is 1. The summed E-state index contributed by atoms with van der Waals surface area (Å²) in [5, 5.41) is 3.48. The van der Waals surface area contributed by atoms with Crippen molar-refractivity contribution in [2.45, 2.75) is 76.8 Å². The average Bonchev–Trinajstić information content (AvgIpc) is 3.10. The number of nitrogens with zero attached hydrogens (tertiary/aromatic N) is 4. The van der Waals surface area contributed by atoms with E-state index in [2.05, 4.69) is 5.32 Å². The Labute approximate surface area is 247 Å². The quantitative estimate of drug-likeness (QED) is 0.121. The molecule has 4 fully saturated rings. The molecule has 2 spiro atoms. The van der Waals surface area contributed by atoms with Gasteiger partial charge in [0.1, 0.15) is 11.1 Å². The second kappa shape index (κ2) is 12.7. The molecule has 2 saturated heterocycles. The number of hydrogen-bond donors (Lipinski definition) is 1. The van der Waals surface area contributed by atoms with Crippen molar-refractivity contribution in [1.29, 1.82) is 0 Å². The lowest BCUT2D eigenvalue weighted by molar-refractivity contribution is -0.154. The van der Waals surface area contributed by atoms with E-state index >= 15 is 0 Å². The molecular formula is C29H45N5O6S. The van der Waals surface area contributed by atoms with E-state index in [0.29, 0.717) is 69.2 Å². The number of carbonyl (C=O) groups excluding carboxylic acids is 5. The Morgan fingerprint density at radius 1 is 1.15 bits per heavy atom. The summed E-state index contributed by atoms with van der Waals surface area (Å²) < 4.78 is 5.30. The topological polar surface area (TPSA) is 120 Å². The molecule has 0 radical (unpaired) electrons. The lowest BCUT2D eigenvalue weighted by atomic mass is 9.51.